The highest BCUT2D eigenvalue weighted by Crippen LogP contribution is 2.41. The molecular formula is C83H80N4O19. The lowest BCUT2D eigenvalue weighted by Gasteiger charge is -2.35. The minimum Gasteiger partial charge on any atom is -0.503 e. The average molecular weight is 1440 g/mol. The summed E-state index contributed by atoms with van der Waals surface area (Å²) < 4.78 is 50.0. The number of aliphatic hydroxyl groups excluding tert-OH is 2. The van der Waals surface area contributed by atoms with Gasteiger partial charge in [-0.3, -0.25) is 19.2 Å². The summed E-state index contributed by atoms with van der Waals surface area (Å²) in [6, 6.07) is 52.0. The molecule has 106 heavy (non-hydrogen) atoms. The Morgan fingerprint density at radius 2 is 0.934 bits per heavy atom. The fourth-order valence-corrected chi connectivity index (χ4v) is 13.4. The molecule has 4 atom stereocenters. The van der Waals surface area contributed by atoms with Gasteiger partial charge in [0.25, 0.3) is 11.8 Å². The van der Waals surface area contributed by atoms with Crippen molar-refractivity contribution in [1.29, 1.82) is 0 Å². The molecule has 546 valence electrons. The van der Waals surface area contributed by atoms with E-state index >= 15 is 0 Å². The second-order valence-electron chi connectivity index (χ2n) is 26.1. The number of hydrogen-bond acceptors (Lipinski definition) is 19. The molecule has 23 heteroatoms. The Bertz CT molecular complexity index is 4940. The molecule has 1 saturated carbocycles. The van der Waals surface area contributed by atoms with Crippen molar-refractivity contribution in [3.63, 3.8) is 0 Å². The van der Waals surface area contributed by atoms with E-state index < -0.39 is 101 Å². The van der Waals surface area contributed by atoms with Crippen molar-refractivity contribution in [1.82, 2.24) is 19.8 Å². The average Bonchev–Trinajstić information content (AvgIpc) is 1.12. The van der Waals surface area contributed by atoms with Gasteiger partial charge in [0.2, 0.25) is 25.4 Å². The van der Waals surface area contributed by atoms with Gasteiger partial charge in [-0.1, -0.05) is 128 Å². The van der Waals surface area contributed by atoms with Gasteiger partial charge in [-0.2, -0.15) is 0 Å². The summed E-state index contributed by atoms with van der Waals surface area (Å²) in [6.07, 6.45) is 9.98. The maximum Gasteiger partial charge on any atom is 0.338 e. The molecule has 13 rings (SSSR count). The first-order chi connectivity index (χ1) is 51.4. The second-order valence-corrected chi connectivity index (χ2v) is 26.1. The van der Waals surface area contributed by atoms with Crippen LogP contribution in [0.3, 0.4) is 0 Å². The maximum atomic E-state index is 14.6. The van der Waals surface area contributed by atoms with Crippen LogP contribution in [-0.2, 0) is 56.1 Å². The summed E-state index contributed by atoms with van der Waals surface area (Å²) >= 11 is 0. The molecule has 4 N–H and O–H groups in total. The van der Waals surface area contributed by atoms with Crippen molar-refractivity contribution in [2.45, 2.75) is 115 Å². The molecule has 0 spiro atoms. The Morgan fingerprint density at radius 3 is 1.39 bits per heavy atom. The standard InChI is InChI=1S/C43H42N2O9.C40H38N2O10/c1-27(33(31-20-21-37-38(23-31)52-26-51-37)14-9-17-39-44-35-15-7-8-16-36(35)54-39)45(25-28-18-19-29-10-5-6-11-30(29)22-28)42(49)41(48)34(24-40(46)47)43(50)53-32-12-3-2-4-13-32;1-25(30(29-16-17-34-35(21-29)51-24-50-34)10-7-13-36-41-32-11-5-6-12-33(32)52-36)42(23-26-14-15-27-8-3-4-9-28(27)20-26)39(46)38(45)31(22-37(43)44)40(47)49-19-18-48-2/h5-11,15-23,27,32-33,48H,2-4,12-14,24-26H2,1H3,(H,46,47);3-9,11-17,20-21,25,30,45H,10,18-19,22-24H2,1-2H3,(H,43,44)/b17-9+,41-34?;13-7+,38-31?/t27-,33+;25-,30+/m11/s1. The molecule has 0 saturated heterocycles. The summed E-state index contributed by atoms with van der Waals surface area (Å²) in [5.74, 6) is -6.36. The van der Waals surface area contributed by atoms with Gasteiger partial charge in [-0.15, -0.1) is 0 Å². The zero-order valence-corrected chi connectivity index (χ0v) is 58.7. The molecule has 0 radical (unpaired) electrons. The zero-order valence-electron chi connectivity index (χ0n) is 58.7. The predicted molar refractivity (Wildman–Crippen MR) is 393 cm³/mol. The number of carboxylic acids is 2. The fourth-order valence-electron chi connectivity index (χ4n) is 13.4. The number of benzene rings is 8. The number of ether oxygens (including phenoxy) is 7. The van der Waals surface area contributed by atoms with E-state index in [4.69, 9.17) is 42.0 Å². The molecule has 23 nitrogen and oxygen atoms in total. The highest BCUT2D eigenvalue weighted by atomic mass is 16.7. The number of carbonyl (C=O) groups is 6. The Labute approximate surface area is 610 Å². The molecule has 2 aromatic heterocycles. The molecule has 1 aliphatic carbocycles. The van der Waals surface area contributed by atoms with Crippen LogP contribution in [-0.4, -0.2) is 128 Å². The summed E-state index contributed by atoms with van der Waals surface area (Å²) in [6.45, 7) is 3.77. The molecule has 3 aliphatic rings. The van der Waals surface area contributed by atoms with Gasteiger partial charge < -0.3 is 72.2 Å². The monoisotopic (exact) mass is 1440 g/mol. The van der Waals surface area contributed by atoms with E-state index in [1.807, 2.05) is 190 Å². The highest BCUT2D eigenvalue weighted by Gasteiger charge is 2.37. The fraction of sp³-hybridized carbons (Fsp3) is 0.277. The summed E-state index contributed by atoms with van der Waals surface area (Å²) in [5, 5.41) is 46.4. The number of aliphatic carboxylic acids is 2. The molecule has 0 bridgehead atoms. The van der Waals surface area contributed by atoms with Crippen LogP contribution in [0.1, 0.15) is 118 Å². The SMILES string of the molecule is COCCOC(=O)C(CC(=O)O)=C(O)C(=O)N(Cc1ccc2ccccc2c1)[C@H](C)[C@H](C/C=C/c1nc2ccccc2o1)c1ccc2c(c1)OCO2.C[C@H]([C@H](C/C=C/c1nc2ccccc2o1)c1ccc2c(c1)OCO2)N(Cc1ccc2ccccc2c1)C(=O)C(O)=C(CC(=O)O)C(=O)OC1CCCCC1. The molecule has 1 fully saturated rings. The lowest BCUT2D eigenvalue weighted by atomic mass is 9.87. The number of aliphatic hydroxyl groups is 2. The van der Waals surface area contributed by atoms with Crippen LogP contribution in [0.5, 0.6) is 23.0 Å². The van der Waals surface area contributed by atoms with Crippen LogP contribution in [0.25, 0.3) is 55.9 Å². The smallest absolute Gasteiger partial charge is 0.338 e. The van der Waals surface area contributed by atoms with Gasteiger partial charge in [0.05, 0.1) is 30.6 Å². The summed E-state index contributed by atoms with van der Waals surface area (Å²) in [7, 11) is 1.41. The number of amides is 2. The van der Waals surface area contributed by atoms with Gasteiger partial charge in [-0.25, -0.2) is 19.6 Å². The molecular weight excluding hydrogens is 1360 g/mol. The number of rotatable bonds is 28. The third kappa shape index (κ3) is 18.0. The third-order valence-electron chi connectivity index (χ3n) is 19.0. The second kappa shape index (κ2) is 34.4. The zero-order chi connectivity index (χ0) is 74.2. The van der Waals surface area contributed by atoms with Crippen LogP contribution in [0.4, 0.5) is 0 Å². The molecule has 0 unspecified atom stereocenters. The number of oxazole rings is 2. The normalized spacial score (nSPS) is 15.0. The highest BCUT2D eigenvalue weighted by molar-refractivity contribution is 6.04. The molecule has 8 aromatic carbocycles. The lowest BCUT2D eigenvalue weighted by Crippen LogP contribution is -2.43. The van der Waals surface area contributed by atoms with Crippen molar-refractivity contribution >= 4 is 91.6 Å². The number of carbonyl (C=O) groups excluding carboxylic acids is 4. The van der Waals surface area contributed by atoms with Crippen LogP contribution in [0, 0.1) is 0 Å². The van der Waals surface area contributed by atoms with Crippen LogP contribution >= 0.6 is 0 Å². The minimum atomic E-state index is -1.42. The van der Waals surface area contributed by atoms with Crippen molar-refractivity contribution in [2.24, 2.45) is 0 Å². The summed E-state index contributed by atoms with van der Waals surface area (Å²) in [4.78, 5) is 91.4. The van der Waals surface area contributed by atoms with Crippen molar-refractivity contribution in [3.05, 3.63) is 239 Å². The first-order valence-electron chi connectivity index (χ1n) is 35.0. The van der Waals surface area contributed by atoms with Crippen molar-refractivity contribution in [2.75, 3.05) is 33.9 Å². The number of fused-ring (bicyclic) bond motifs is 6. The van der Waals surface area contributed by atoms with Gasteiger partial charge >= 0.3 is 23.9 Å². The predicted octanol–water partition coefficient (Wildman–Crippen LogP) is 15.3. The van der Waals surface area contributed by atoms with Crippen LogP contribution in [0.2, 0.25) is 0 Å². The first kappa shape index (κ1) is 73.5. The quantitative estimate of drug-likeness (QED) is 0.0153. The van der Waals surface area contributed by atoms with E-state index in [1.165, 1.54) is 16.9 Å². The minimum absolute atomic E-state index is 0.0177. The first-order valence-corrected chi connectivity index (χ1v) is 35.0. The Balaban J connectivity index is 0.000000199. The van der Waals surface area contributed by atoms with Gasteiger partial charge in [0.15, 0.2) is 45.7 Å². The molecule has 10 aromatic rings. The molecule has 2 amide bonds. The van der Waals surface area contributed by atoms with Gasteiger partial charge in [0, 0.05) is 44.1 Å². The van der Waals surface area contributed by atoms with E-state index in [0.717, 1.165) is 74.1 Å². The van der Waals surface area contributed by atoms with Gasteiger partial charge in [-0.05, 0) is 169 Å². The number of hydrogen-bond donors (Lipinski definition) is 4. The Hall–Kier alpha value is -12.2. The van der Waals surface area contributed by atoms with E-state index in [2.05, 4.69) is 9.97 Å². The number of nitrogens with zero attached hydrogens (tertiary/aromatic N) is 4. The van der Waals surface area contributed by atoms with E-state index in [-0.39, 0.29) is 39.9 Å². The Kier molecular flexibility index (Phi) is 23.8. The molecule has 2 aliphatic heterocycles. The number of para-hydroxylation sites is 4. The number of allylic oxidation sites excluding steroid dienone is 2. The van der Waals surface area contributed by atoms with Crippen molar-refractivity contribution < 1.29 is 91.2 Å². The number of methoxy groups -OCH3 is 1. The largest absolute Gasteiger partial charge is 0.503 e. The summed E-state index contributed by atoms with van der Waals surface area (Å²) in [5.41, 5.74) is 4.67. The van der Waals surface area contributed by atoms with Crippen LogP contribution < -0.4 is 18.9 Å². The van der Waals surface area contributed by atoms with E-state index in [9.17, 15) is 49.2 Å². The number of aromatic nitrogens is 2. The Morgan fingerprint density at radius 1 is 0.500 bits per heavy atom. The topological polar surface area (TPSA) is 306 Å². The van der Waals surface area contributed by atoms with Crippen LogP contribution in [0.15, 0.2) is 214 Å². The maximum absolute atomic E-state index is 14.6. The van der Waals surface area contributed by atoms with Gasteiger partial charge in [0.1, 0.15) is 23.7 Å². The molecule has 4 heterocycles. The van der Waals surface area contributed by atoms with E-state index in [1.54, 1.807) is 18.2 Å². The third-order valence-corrected chi connectivity index (χ3v) is 19.0. The van der Waals surface area contributed by atoms with Crippen molar-refractivity contribution in [3.8, 4) is 23.0 Å². The number of carboxylic acid groups (broad SMARTS) is 2. The number of esters is 2. The van der Waals surface area contributed by atoms with E-state index in [0.29, 0.717) is 71.6 Å². The lowest BCUT2D eigenvalue weighted by molar-refractivity contribution is -0.149.